The number of amides is 2. The van der Waals surface area contributed by atoms with Crippen LogP contribution in [0.15, 0.2) is 42.6 Å². The van der Waals surface area contributed by atoms with E-state index < -0.39 is 23.5 Å². The van der Waals surface area contributed by atoms with E-state index in [1.165, 1.54) is 13.3 Å². The van der Waals surface area contributed by atoms with Crippen LogP contribution in [-0.4, -0.2) is 65.8 Å². The van der Waals surface area contributed by atoms with Crippen molar-refractivity contribution < 1.29 is 33.3 Å². The van der Waals surface area contributed by atoms with E-state index in [4.69, 9.17) is 18.9 Å². The molecule has 3 rings (SSSR count). The normalized spacial score (nSPS) is 14.6. The van der Waals surface area contributed by atoms with Crippen LogP contribution in [0.4, 0.5) is 4.79 Å². The van der Waals surface area contributed by atoms with Crippen molar-refractivity contribution in [2.75, 3.05) is 20.2 Å². The van der Waals surface area contributed by atoms with Crippen molar-refractivity contribution in [1.29, 1.82) is 0 Å². The molecule has 212 valence electrons. The molecule has 0 bridgehead atoms. The van der Waals surface area contributed by atoms with Crippen LogP contribution in [0.1, 0.15) is 64.7 Å². The number of rotatable bonds is 9. The van der Waals surface area contributed by atoms with Crippen LogP contribution in [0.25, 0.3) is 0 Å². The van der Waals surface area contributed by atoms with Gasteiger partial charge in [0.1, 0.15) is 29.2 Å². The number of carbonyl (C=O) groups is 3. The minimum atomic E-state index is -0.743. The second kappa shape index (κ2) is 12.4. The molecule has 0 aliphatic carbocycles. The number of ether oxygens (including phenoxy) is 4. The highest BCUT2D eigenvalue weighted by Gasteiger charge is 2.35. The summed E-state index contributed by atoms with van der Waals surface area (Å²) in [5, 5.41) is 2.74. The van der Waals surface area contributed by atoms with Gasteiger partial charge in [0.05, 0.1) is 25.8 Å². The molecule has 2 amide bonds. The van der Waals surface area contributed by atoms with E-state index in [1.807, 2.05) is 20.8 Å². The Morgan fingerprint density at radius 1 is 1.05 bits per heavy atom. The molecule has 1 fully saturated rings. The Bertz CT molecular complexity index is 1150. The zero-order valence-electron chi connectivity index (χ0n) is 23.8. The summed E-state index contributed by atoms with van der Waals surface area (Å²) in [7, 11) is 1.30. The predicted molar refractivity (Wildman–Crippen MR) is 145 cm³/mol. The number of likely N-dealkylation sites (tertiary alicyclic amines) is 1. The van der Waals surface area contributed by atoms with Gasteiger partial charge in [-0.1, -0.05) is 26.8 Å². The maximum atomic E-state index is 12.7. The number of pyridine rings is 1. The molecule has 1 aliphatic rings. The van der Waals surface area contributed by atoms with Crippen LogP contribution < -0.4 is 14.8 Å². The molecule has 0 unspecified atom stereocenters. The number of hydrogen-bond donors (Lipinski definition) is 1. The second-order valence-electron chi connectivity index (χ2n) is 11.7. The zero-order valence-corrected chi connectivity index (χ0v) is 23.8. The molecule has 10 nitrogen and oxygen atoms in total. The van der Waals surface area contributed by atoms with Crippen LogP contribution >= 0.6 is 0 Å². The summed E-state index contributed by atoms with van der Waals surface area (Å²) >= 11 is 0. The molecule has 2 heterocycles. The largest absolute Gasteiger partial charge is 0.487 e. The van der Waals surface area contributed by atoms with Crippen LogP contribution in [0.5, 0.6) is 17.4 Å². The average Bonchev–Trinajstić information content (AvgIpc) is 2.82. The lowest BCUT2D eigenvalue weighted by atomic mass is 9.88. The smallest absolute Gasteiger partial charge is 0.410 e. The Labute approximate surface area is 230 Å². The fourth-order valence-electron chi connectivity index (χ4n) is 3.70. The minimum absolute atomic E-state index is 0.0121. The summed E-state index contributed by atoms with van der Waals surface area (Å²) < 4.78 is 22.0. The second-order valence-corrected chi connectivity index (χ2v) is 11.7. The lowest BCUT2D eigenvalue weighted by molar-refractivity contribution is -0.143. The highest BCUT2D eigenvalue weighted by atomic mass is 16.6. The number of nitrogens with one attached hydrogen (secondary N) is 1. The molecule has 2 aromatic rings. The van der Waals surface area contributed by atoms with Gasteiger partial charge in [-0.05, 0) is 57.2 Å². The molecule has 1 atom stereocenters. The molecule has 1 aliphatic heterocycles. The fraction of sp³-hybridized carbons (Fsp3) is 0.517. The standard InChI is InChI=1S/C29H39N3O7/c1-28(2,3)14-13-23(26(34)36-7)31-25(33)19-11-12-24(30-16-19)38-21-10-8-9-20(15-21)37-22-17-32(18-22)27(35)39-29(4,5)6/h8-12,15-16,22-23H,13-14,17-18H2,1-7H3,(H,31,33)/t23-/m0/s1. The van der Waals surface area contributed by atoms with Crippen molar-refractivity contribution in [1.82, 2.24) is 15.2 Å². The first kappa shape index (κ1) is 29.7. The van der Waals surface area contributed by atoms with E-state index in [9.17, 15) is 14.4 Å². The zero-order chi connectivity index (χ0) is 28.8. The van der Waals surface area contributed by atoms with Crippen molar-refractivity contribution in [2.45, 2.75) is 72.1 Å². The van der Waals surface area contributed by atoms with Crippen LogP contribution in [0.3, 0.4) is 0 Å². The Morgan fingerprint density at radius 2 is 1.74 bits per heavy atom. The fourth-order valence-corrected chi connectivity index (χ4v) is 3.70. The highest BCUT2D eigenvalue weighted by molar-refractivity contribution is 5.96. The summed E-state index contributed by atoms with van der Waals surface area (Å²) in [5.74, 6) is 0.493. The van der Waals surface area contributed by atoms with E-state index in [0.717, 1.165) is 6.42 Å². The van der Waals surface area contributed by atoms with Gasteiger partial charge in [0.25, 0.3) is 5.91 Å². The lowest BCUT2D eigenvalue weighted by Crippen LogP contribution is -2.57. The summed E-state index contributed by atoms with van der Waals surface area (Å²) in [6, 6.07) is 9.51. The molecule has 1 N–H and O–H groups in total. The predicted octanol–water partition coefficient (Wildman–Crippen LogP) is 4.97. The third kappa shape index (κ3) is 9.46. The van der Waals surface area contributed by atoms with Crippen LogP contribution in [0, 0.1) is 5.41 Å². The summed E-state index contributed by atoms with van der Waals surface area (Å²) in [5.41, 5.74) is -0.232. The molecule has 1 saturated heterocycles. The van der Waals surface area contributed by atoms with Gasteiger partial charge >= 0.3 is 12.1 Å². The highest BCUT2D eigenvalue weighted by Crippen LogP contribution is 2.27. The first-order chi connectivity index (χ1) is 18.2. The summed E-state index contributed by atoms with van der Waals surface area (Å²) in [6.07, 6.45) is 2.11. The molecular weight excluding hydrogens is 502 g/mol. The molecule has 0 spiro atoms. The van der Waals surface area contributed by atoms with Gasteiger partial charge in [-0.2, -0.15) is 0 Å². The quantitative estimate of drug-likeness (QED) is 0.443. The third-order valence-corrected chi connectivity index (χ3v) is 5.80. The van der Waals surface area contributed by atoms with Crippen LogP contribution in [0.2, 0.25) is 0 Å². The van der Waals surface area contributed by atoms with Crippen molar-refractivity contribution in [3.63, 3.8) is 0 Å². The van der Waals surface area contributed by atoms with Crippen molar-refractivity contribution >= 4 is 18.0 Å². The van der Waals surface area contributed by atoms with Gasteiger partial charge in [0.15, 0.2) is 0 Å². The van der Waals surface area contributed by atoms with Gasteiger partial charge in [-0.25, -0.2) is 14.6 Å². The first-order valence-corrected chi connectivity index (χ1v) is 13.0. The van der Waals surface area contributed by atoms with Crippen LogP contribution in [-0.2, 0) is 14.3 Å². The van der Waals surface area contributed by atoms with Crippen molar-refractivity contribution in [3.05, 3.63) is 48.2 Å². The molecule has 10 heteroatoms. The Morgan fingerprint density at radius 3 is 2.33 bits per heavy atom. The number of methoxy groups -OCH3 is 1. The topological polar surface area (TPSA) is 116 Å². The van der Waals surface area contributed by atoms with E-state index >= 15 is 0 Å². The van der Waals surface area contributed by atoms with E-state index in [-0.39, 0.29) is 17.6 Å². The number of esters is 1. The molecule has 39 heavy (non-hydrogen) atoms. The lowest BCUT2D eigenvalue weighted by Gasteiger charge is -2.39. The summed E-state index contributed by atoms with van der Waals surface area (Å²) in [6.45, 7) is 12.6. The molecular formula is C29H39N3O7. The first-order valence-electron chi connectivity index (χ1n) is 13.0. The number of aromatic nitrogens is 1. The monoisotopic (exact) mass is 541 g/mol. The van der Waals surface area contributed by atoms with Gasteiger partial charge in [0, 0.05) is 18.3 Å². The average molecular weight is 542 g/mol. The molecule has 0 radical (unpaired) electrons. The summed E-state index contributed by atoms with van der Waals surface area (Å²) in [4.78, 5) is 42.8. The number of carbonyl (C=O) groups excluding carboxylic acids is 3. The van der Waals surface area contributed by atoms with Gasteiger partial charge in [0.2, 0.25) is 5.88 Å². The Hall–Kier alpha value is -3.82. The minimum Gasteiger partial charge on any atom is -0.487 e. The Kier molecular flexibility index (Phi) is 9.42. The number of nitrogens with zero attached hydrogens (tertiary/aromatic N) is 2. The molecule has 1 aromatic heterocycles. The van der Waals surface area contributed by atoms with E-state index in [1.54, 1.807) is 41.3 Å². The number of hydrogen-bond acceptors (Lipinski definition) is 8. The third-order valence-electron chi connectivity index (χ3n) is 5.80. The molecule has 0 saturated carbocycles. The number of benzene rings is 1. The maximum absolute atomic E-state index is 12.7. The van der Waals surface area contributed by atoms with Gasteiger partial charge < -0.3 is 29.2 Å². The maximum Gasteiger partial charge on any atom is 0.410 e. The van der Waals surface area contributed by atoms with Crippen molar-refractivity contribution in [2.24, 2.45) is 5.41 Å². The SMILES string of the molecule is COC(=O)[C@H](CCC(C)(C)C)NC(=O)c1ccc(Oc2cccc(OC3CN(C(=O)OC(C)(C)C)C3)c2)nc1. The Balaban J connectivity index is 1.53. The van der Waals surface area contributed by atoms with Gasteiger partial charge in [-0.3, -0.25) is 4.79 Å². The van der Waals surface area contributed by atoms with E-state index in [2.05, 4.69) is 31.1 Å². The van der Waals surface area contributed by atoms with Gasteiger partial charge in [-0.15, -0.1) is 0 Å². The molecule has 1 aromatic carbocycles. The van der Waals surface area contributed by atoms with Crippen molar-refractivity contribution in [3.8, 4) is 17.4 Å². The van der Waals surface area contributed by atoms with E-state index in [0.29, 0.717) is 42.5 Å².